The van der Waals surface area contributed by atoms with Crippen LogP contribution in [0.4, 0.5) is 0 Å². The molecule has 2 nitrogen and oxygen atoms in total. The van der Waals surface area contributed by atoms with Crippen molar-refractivity contribution >= 4 is 69.5 Å². The van der Waals surface area contributed by atoms with Crippen LogP contribution in [0.5, 0.6) is 0 Å². The Morgan fingerprint density at radius 2 is 1.71 bits per heavy atom. The summed E-state index contributed by atoms with van der Waals surface area (Å²) in [5, 5.41) is 8.82. The van der Waals surface area contributed by atoms with Gasteiger partial charge in [0, 0.05) is 9.92 Å². The second-order valence-corrected chi connectivity index (χ2v) is 7.94. The zero-order valence-corrected chi connectivity index (χ0v) is 12.7. The summed E-state index contributed by atoms with van der Waals surface area (Å²) in [5.74, 6) is 0. The molecule has 0 fully saturated rings. The molecular formula is C9H4Cl4N2S2. The van der Waals surface area contributed by atoms with E-state index in [1.54, 1.807) is 12.1 Å². The smallest absolute Gasteiger partial charge is 0.138 e. The van der Waals surface area contributed by atoms with Gasteiger partial charge in [-0.25, -0.2) is 0 Å². The molecule has 0 aliphatic heterocycles. The van der Waals surface area contributed by atoms with Crippen LogP contribution in [0.2, 0.25) is 5.02 Å². The van der Waals surface area contributed by atoms with Gasteiger partial charge in [0.2, 0.25) is 3.79 Å². The van der Waals surface area contributed by atoms with Crippen molar-refractivity contribution in [1.82, 2.24) is 10.2 Å². The maximum absolute atomic E-state index is 5.79. The molecule has 0 saturated heterocycles. The molecule has 0 N–H and O–H groups in total. The summed E-state index contributed by atoms with van der Waals surface area (Å²) in [7, 11) is 0. The van der Waals surface area contributed by atoms with Gasteiger partial charge in [0.1, 0.15) is 0 Å². The molecule has 17 heavy (non-hydrogen) atoms. The van der Waals surface area contributed by atoms with Crippen molar-refractivity contribution in [3.63, 3.8) is 0 Å². The second kappa shape index (κ2) is 5.51. The van der Waals surface area contributed by atoms with E-state index in [1.165, 1.54) is 23.1 Å². The number of alkyl halides is 3. The van der Waals surface area contributed by atoms with Gasteiger partial charge >= 0.3 is 0 Å². The first-order valence-electron chi connectivity index (χ1n) is 4.29. The molecule has 0 aliphatic rings. The Morgan fingerprint density at radius 1 is 1.06 bits per heavy atom. The molecule has 0 saturated carbocycles. The summed E-state index contributed by atoms with van der Waals surface area (Å²) in [6, 6.07) is 7.40. The molecular weight excluding hydrogens is 342 g/mol. The molecule has 2 aromatic rings. The third kappa shape index (κ3) is 3.88. The topological polar surface area (TPSA) is 25.8 Å². The first-order chi connectivity index (χ1) is 7.95. The highest BCUT2D eigenvalue weighted by Crippen LogP contribution is 2.42. The van der Waals surface area contributed by atoms with Crippen LogP contribution in [-0.4, -0.2) is 10.2 Å². The van der Waals surface area contributed by atoms with Crippen molar-refractivity contribution in [2.24, 2.45) is 0 Å². The van der Waals surface area contributed by atoms with Crippen LogP contribution in [0.25, 0.3) is 0 Å². The number of hydrogen-bond donors (Lipinski definition) is 0. The fourth-order valence-corrected chi connectivity index (χ4v) is 3.25. The minimum absolute atomic E-state index is 0.360. The first kappa shape index (κ1) is 13.7. The lowest BCUT2D eigenvalue weighted by Crippen LogP contribution is -1.98. The number of benzene rings is 1. The summed E-state index contributed by atoms with van der Waals surface area (Å²) in [4.78, 5) is 1.00. The van der Waals surface area contributed by atoms with E-state index in [2.05, 4.69) is 10.2 Å². The summed E-state index contributed by atoms with van der Waals surface area (Å²) < 4.78 is -0.801. The van der Waals surface area contributed by atoms with Gasteiger partial charge in [0.25, 0.3) is 0 Å². The minimum atomic E-state index is -1.52. The minimum Gasteiger partial charge on any atom is -0.138 e. The monoisotopic (exact) mass is 344 g/mol. The molecule has 2 rings (SSSR count). The summed E-state index contributed by atoms with van der Waals surface area (Å²) in [6.07, 6.45) is 0. The van der Waals surface area contributed by atoms with Crippen LogP contribution in [-0.2, 0) is 3.79 Å². The molecule has 1 heterocycles. The number of hydrogen-bond acceptors (Lipinski definition) is 4. The number of nitrogens with zero attached hydrogens (tertiary/aromatic N) is 2. The lowest BCUT2D eigenvalue weighted by Gasteiger charge is -2.02. The molecule has 90 valence electrons. The maximum atomic E-state index is 5.79. The van der Waals surface area contributed by atoms with E-state index in [1.807, 2.05) is 12.1 Å². The van der Waals surface area contributed by atoms with Gasteiger partial charge in [-0.1, -0.05) is 69.5 Å². The van der Waals surface area contributed by atoms with Gasteiger partial charge in [0.05, 0.1) is 0 Å². The number of halogens is 4. The van der Waals surface area contributed by atoms with Crippen molar-refractivity contribution < 1.29 is 0 Å². The van der Waals surface area contributed by atoms with Crippen LogP contribution in [0.1, 0.15) is 5.01 Å². The van der Waals surface area contributed by atoms with Gasteiger partial charge in [-0.3, -0.25) is 0 Å². The lowest BCUT2D eigenvalue weighted by atomic mass is 10.4. The third-order valence-corrected chi connectivity index (χ3v) is 4.89. The van der Waals surface area contributed by atoms with Crippen LogP contribution in [0, 0.1) is 0 Å². The highest BCUT2D eigenvalue weighted by molar-refractivity contribution is 8.01. The van der Waals surface area contributed by atoms with Gasteiger partial charge in [0.15, 0.2) is 9.35 Å². The fourth-order valence-electron chi connectivity index (χ4n) is 0.969. The Hall–Kier alpha value is 0.290. The average molecular weight is 346 g/mol. The molecule has 0 unspecified atom stereocenters. The third-order valence-electron chi connectivity index (χ3n) is 1.67. The Balaban J connectivity index is 2.14. The summed E-state index contributed by atoms with van der Waals surface area (Å²) >= 11 is 25.6. The molecule has 1 aromatic heterocycles. The molecule has 0 aliphatic carbocycles. The Bertz CT molecular complexity index is 506. The zero-order valence-electron chi connectivity index (χ0n) is 8.03. The van der Waals surface area contributed by atoms with E-state index in [4.69, 9.17) is 46.4 Å². The number of rotatable bonds is 2. The largest absolute Gasteiger partial charge is 0.243 e. The van der Waals surface area contributed by atoms with Crippen LogP contribution in [0.15, 0.2) is 33.5 Å². The Morgan fingerprint density at radius 3 is 2.24 bits per heavy atom. The second-order valence-electron chi connectivity index (χ2n) is 2.93. The molecule has 0 bridgehead atoms. The standard InChI is InChI=1S/C9H4Cl4N2S2/c10-5-1-3-6(4-2-5)16-8-15-14-7(17-8)9(11,12)13/h1-4H. The van der Waals surface area contributed by atoms with E-state index >= 15 is 0 Å². The molecule has 1 aromatic carbocycles. The highest BCUT2D eigenvalue weighted by atomic mass is 35.6. The maximum Gasteiger partial charge on any atom is 0.243 e. The first-order valence-corrected chi connectivity index (χ1v) is 7.44. The van der Waals surface area contributed by atoms with Crippen molar-refractivity contribution in [2.75, 3.05) is 0 Å². The normalized spacial score (nSPS) is 11.8. The predicted octanol–water partition coefficient (Wildman–Crippen LogP) is 5.17. The predicted molar refractivity (Wildman–Crippen MR) is 74.7 cm³/mol. The molecule has 0 atom stereocenters. The van der Waals surface area contributed by atoms with E-state index in [9.17, 15) is 0 Å². The van der Waals surface area contributed by atoms with Crippen LogP contribution >= 0.6 is 69.5 Å². The zero-order chi connectivity index (χ0) is 12.5. The lowest BCUT2D eigenvalue weighted by molar-refractivity contribution is 0.957. The van der Waals surface area contributed by atoms with Gasteiger partial charge < -0.3 is 0 Å². The molecule has 8 heteroatoms. The quantitative estimate of drug-likeness (QED) is 0.702. The van der Waals surface area contributed by atoms with Crippen molar-refractivity contribution in [1.29, 1.82) is 0 Å². The van der Waals surface area contributed by atoms with Crippen molar-refractivity contribution in [3.05, 3.63) is 34.3 Å². The molecule has 0 spiro atoms. The van der Waals surface area contributed by atoms with E-state index in [-0.39, 0.29) is 0 Å². The Kier molecular flexibility index (Phi) is 4.45. The van der Waals surface area contributed by atoms with Crippen molar-refractivity contribution in [3.8, 4) is 0 Å². The van der Waals surface area contributed by atoms with Crippen LogP contribution < -0.4 is 0 Å². The molecule has 0 amide bonds. The Labute approximate surface area is 126 Å². The highest BCUT2D eigenvalue weighted by Gasteiger charge is 2.28. The van der Waals surface area contributed by atoms with Crippen molar-refractivity contribution in [2.45, 2.75) is 13.0 Å². The fraction of sp³-hybridized carbons (Fsp3) is 0.111. The SMILES string of the molecule is Clc1ccc(Sc2nnc(C(Cl)(Cl)Cl)s2)cc1. The van der Waals surface area contributed by atoms with Crippen LogP contribution in [0.3, 0.4) is 0 Å². The van der Waals surface area contributed by atoms with Gasteiger partial charge in [-0.15, -0.1) is 10.2 Å². The summed E-state index contributed by atoms with van der Waals surface area (Å²) in [6.45, 7) is 0. The van der Waals surface area contributed by atoms with E-state index in [0.29, 0.717) is 14.4 Å². The van der Waals surface area contributed by atoms with Gasteiger partial charge in [-0.05, 0) is 24.3 Å². The summed E-state index contributed by atoms with van der Waals surface area (Å²) in [5.41, 5.74) is 0. The molecule has 0 radical (unpaired) electrons. The number of aromatic nitrogens is 2. The average Bonchev–Trinajstić information content (AvgIpc) is 2.69. The van der Waals surface area contributed by atoms with Gasteiger partial charge in [-0.2, -0.15) is 0 Å². The van der Waals surface area contributed by atoms with E-state index < -0.39 is 3.79 Å². The van der Waals surface area contributed by atoms with E-state index in [0.717, 1.165) is 4.90 Å².